The largest absolute Gasteiger partial charge is 0.334 e. The Kier molecular flexibility index (Phi) is 3.49. The predicted molar refractivity (Wildman–Crippen MR) is 80.1 cm³/mol. The molecule has 0 atom stereocenters. The topological polar surface area (TPSA) is 51.0 Å². The molecule has 0 saturated heterocycles. The van der Waals surface area contributed by atoms with Crippen molar-refractivity contribution in [3.63, 3.8) is 0 Å². The lowest BCUT2D eigenvalue weighted by Crippen LogP contribution is -2.27. The summed E-state index contributed by atoms with van der Waals surface area (Å²) < 4.78 is 2.13. The van der Waals surface area contributed by atoms with Crippen LogP contribution in [0.15, 0.2) is 18.2 Å². The van der Waals surface area contributed by atoms with Crippen LogP contribution in [0, 0.1) is 13.8 Å². The van der Waals surface area contributed by atoms with E-state index in [0.717, 1.165) is 47.7 Å². The van der Waals surface area contributed by atoms with Gasteiger partial charge in [0.05, 0.1) is 6.54 Å². The molecule has 21 heavy (non-hydrogen) atoms. The van der Waals surface area contributed by atoms with Crippen molar-refractivity contribution in [1.82, 2.24) is 19.7 Å². The van der Waals surface area contributed by atoms with Crippen molar-refractivity contribution in [1.29, 1.82) is 0 Å². The van der Waals surface area contributed by atoms with Crippen LogP contribution in [0.5, 0.6) is 0 Å². The predicted octanol–water partition coefficient (Wildman–Crippen LogP) is 2.11. The van der Waals surface area contributed by atoms with Crippen LogP contribution in [0.1, 0.15) is 39.6 Å². The molecule has 5 nitrogen and oxygen atoms in total. The fourth-order valence-corrected chi connectivity index (χ4v) is 2.93. The maximum absolute atomic E-state index is 12.5. The van der Waals surface area contributed by atoms with E-state index in [9.17, 15) is 4.79 Å². The van der Waals surface area contributed by atoms with Crippen LogP contribution in [-0.4, -0.2) is 32.6 Å². The molecule has 0 unspecified atom stereocenters. The van der Waals surface area contributed by atoms with E-state index < -0.39 is 0 Å². The number of nitrogens with zero attached hydrogens (tertiary/aromatic N) is 4. The van der Waals surface area contributed by atoms with Gasteiger partial charge in [-0.3, -0.25) is 4.79 Å². The molecule has 1 aromatic carbocycles. The summed E-state index contributed by atoms with van der Waals surface area (Å²) in [6.45, 7) is 5.48. The van der Waals surface area contributed by atoms with Crippen molar-refractivity contribution < 1.29 is 4.79 Å². The van der Waals surface area contributed by atoms with Gasteiger partial charge in [-0.2, -0.15) is 0 Å². The molecule has 0 radical (unpaired) electrons. The molecule has 5 heteroatoms. The smallest absolute Gasteiger partial charge is 0.254 e. The summed E-state index contributed by atoms with van der Waals surface area (Å²) in [5.41, 5.74) is 2.95. The van der Waals surface area contributed by atoms with Crippen molar-refractivity contribution in [3.8, 4) is 0 Å². The van der Waals surface area contributed by atoms with Crippen molar-refractivity contribution in [3.05, 3.63) is 46.5 Å². The number of rotatable bonds is 3. The molecule has 3 rings (SSSR count). The number of aryl methyl sites for hydroxylation is 3. The van der Waals surface area contributed by atoms with Gasteiger partial charge in [0.15, 0.2) is 5.82 Å². The van der Waals surface area contributed by atoms with Gasteiger partial charge in [0, 0.05) is 25.6 Å². The molecule has 1 aromatic heterocycles. The number of amides is 1. The zero-order chi connectivity index (χ0) is 15.0. The van der Waals surface area contributed by atoms with Crippen LogP contribution in [0.25, 0.3) is 0 Å². The number of benzene rings is 1. The molecule has 0 fully saturated rings. The Morgan fingerprint density at radius 2 is 1.95 bits per heavy atom. The van der Waals surface area contributed by atoms with Gasteiger partial charge in [-0.05, 0) is 32.4 Å². The van der Waals surface area contributed by atoms with Crippen molar-refractivity contribution >= 4 is 5.91 Å². The second kappa shape index (κ2) is 5.31. The van der Waals surface area contributed by atoms with E-state index in [1.54, 1.807) is 4.90 Å². The SMILES string of the molecule is Cc1cc(C)cc(C(=O)N(C)Cc2nnc3n2CCC3)c1. The second-order valence-corrected chi connectivity index (χ2v) is 5.83. The van der Waals surface area contributed by atoms with Gasteiger partial charge in [0.25, 0.3) is 5.91 Å². The maximum Gasteiger partial charge on any atom is 0.254 e. The van der Waals surface area contributed by atoms with Crippen molar-refractivity contribution in [2.45, 2.75) is 39.8 Å². The lowest BCUT2D eigenvalue weighted by molar-refractivity contribution is 0.0780. The molecule has 0 spiro atoms. The molecule has 0 bridgehead atoms. The Balaban J connectivity index is 1.78. The highest BCUT2D eigenvalue weighted by Gasteiger charge is 2.20. The maximum atomic E-state index is 12.5. The Bertz CT molecular complexity index is 669. The standard InChI is InChI=1S/C16H20N4O/c1-11-7-12(2)9-13(8-11)16(21)19(3)10-15-18-17-14-5-4-6-20(14)15/h7-9H,4-6,10H2,1-3H3. The van der Waals surface area contributed by atoms with E-state index in [1.165, 1.54) is 0 Å². The molecular weight excluding hydrogens is 264 g/mol. The Labute approximate surface area is 124 Å². The fraction of sp³-hybridized carbons (Fsp3) is 0.438. The molecule has 1 aliphatic heterocycles. The lowest BCUT2D eigenvalue weighted by Gasteiger charge is -2.17. The first-order valence-electron chi connectivity index (χ1n) is 7.29. The highest BCUT2D eigenvalue weighted by Crippen LogP contribution is 2.16. The number of carbonyl (C=O) groups is 1. The van der Waals surface area contributed by atoms with Gasteiger partial charge < -0.3 is 9.47 Å². The zero-order valence-corrected chi connectivity index (χ0v) is 12.8. The summed E-state index contributed by atoms with van der Waals surface area (Å²) in [5, 5.41) is 8.39. The molecule has 0 N–H and O–H groups in total. The van der Waals surface area contributed by atoms with Crippen LogP contribution in [0.3, 0.4) is 0 Å². The van der Waals surface area contributed by atoms with Gasteiger partial charge in [0.1, 0.15) is 5.82 Å². The molecule has 2 heterocycles. The number of carbonyl (C=O) groups excluding carboxylic acids is 1. The van der Waals surface area contributed by atoms with Gasteiger partial charge in [0.2, 0.25) is 0 Å². The first kappa shape index (κ1) is 13.8. The number of aromatic nitrogens is 3. The molecule has 1 amide bonds. The number of hydrogen-bond acceptors (Lipinski definition) is 3. The highest BCUT2D eigenvalue weighted by atomic mass is 16.2. The first-order chi connectivity index (χ1) is 10.0. The van der Waals surface area contributed by atoms with Crippen molar-refractivity contribution in [2.24, 2.45) is 0 Å². The normalized spacial score (nSPS) is 13.3. The third kappa shape index (κ3) is 2.68. The summed E-state index contributed by atoms with van der Waals surface area (Å²) in [5.74, 6) is 1.94. The fourth-order valence-electron chi connectivity index (χ4n) is 2.93. The Hall–Kier alpha value is -2.17. The lowest BCUT2D eigenvalue weighted by atomic mass is 10.1. The minimum absolute atomic E-state index is 0.0251. The van der Waals surface area contributed by atoms with Gasteiger partial charge >= 0.3 is 0 Å². The molecule has 0 saturated carbocycles. The molecule has 0 aliphatic carbocycles. The molecule has 1 aliphatic rings. The summed E-state index contributed by atoms with van der Waals surface area (Å²) in [6.07, 6.45) is 2.11. The van der Waals surface area contributed by atoms with Gasteiger partial charge in [-0.15, -0.1) is 10.2 Å². The van der Waals surface area contributed by atoms with E-state index in [2.05, 4.69) is 20.8 Å². The second-order valence-electron chi connectivity index (χ2n) is 5.83. The minimum Gasteiger partial charge on any atom is -0.334 e. The van der Waals surface area contributed by atoms with E-state index in [-0.39, 0.29) is 5.91 Å². The van der Waals surface area contributed by atoms with Crippen LogP contribution in [0.2, 0.25) is 0 Å². The first-order valence-corrected chi connectivity index (χ1v) is 7.29. The van der Waals surface area contributed by atoms with E-state index >= 15 is 0 Å². The van der Waals surface area contributed by atoms with Gasteiger partial charge in [-0.25, -0.2) is 0 Å². The summed E-state index contributed by atoms with van der Waals surface area (Å²) in [4.78, 5) is 14.3. The molecular formula is C16H20N4O. The zero-order valence-electron chi connectivity index (χ0n) is 12.8. The van der Waals surface area contributed by atoms with Crippen LogP contribution in [-0.2, 0) is 19.5 Å². The van der Waals surface area contributed by atoms with Crippen LogP contribution >= 0.6 is 0 Å². The van der Waals surface area contributed by atoms with E-state index in [4.69, 9.17) is 0 Å². The average Bonchev–Trinajstić information content (AvgIpc) is 3.01. The van der Waals surface area contributed by atoms with Crippen LogP contribution in [0.4, 0.5) is 0 Å². The van der Waals surface area contributed by atoms with Gasteiger partial charge in [-0.1, -0.05) is 17.2 Å². The summed E-state index contributed by atoms with van der Waals surface area (Å²) in [6, 6.07) is 5.93. The Morgan fingerprint density at radius 3 is 2.67 bits per heavy atom. The van der Waals surface area contributed by atoms with Crippen LogP contribution < -0.4 is 0 Å². The van der Waals surface area contributed by atoms with Crippen molar-refractivity contribution in [2.75, 3.05) is 7.05 Å². The summed E-state index contributed by atoms with van der Waals surface area (Å²) >= 11 is 0. The molecule has 2 aromatic rings. The average molecular weight is 284 g/mol. The number of fused-ring (bicyclic) bond motifs is 1. The third-order valence-electron chi connectivity index (χ3n) is 3.88. The molecule has 110 valence electrons. The highest BCUT2D eigenvalue weighted by molar-refractivity contribution is 5.94. The summed E-state index contributed by atoms with van der Waals surface area (Å²) in [7, 11) is 1.82. The quantitative estimate of drug-likeness (QED) is 0.867. The van der Waals surface area contributed by atoms with E-state index in [1.807, 2.05) is 33.0 Å². The number of hydrogen-bond donors (Lipinski definition) is 0. The third-order valence-corrected chi connectivity index (χ3v) is 3.88. The monoisotopic (exact) mass is 284 g/mol. The minimum atomic E-state index is 0.0251. The van der Waals surface area contributed by atoms with E-state index in [0.29, 0.717) is 6.54 Å². The Morgan fingerprint density at radius 1 is 1.24 bits per heavy atom.